The van der Waals surface area contributed by atoms with Crippen LogP contribution in [0.15, 0.2) is 18.2 Å². The van der Waals surface area contributed by atoms with Gasteiger partial charge in [0.2, 0.25) is 5.75 Å². The lowest BCUT2D eigenvalue weighted by Crippen LogP contribution is -2.56. The van der Waals surface area contributed by atoms with Gasteiger partial charge in [-0.25, -0.2) is 0 Å². The molecule has 0 atom stereocenters. The Bertz CT molecular complexity index is 592. The lowest BCUT2D eigenvalue weighted by molar-refractivity contribution is -0.122. The highest BCUT2D eigenvalue weighted by molar-refractivity contribution is 5.92. The Balaban J connectivity index is 1.74. The van der Waals surface area contributed by atoms with E-state index in [0.717, 1.165) is 18.7 Å². The Hall–Kier alpha value is -2.05. The number of rotatable bonds is 3. The molecule has 1 aromatic carbocycles. The minimum atomic E-state index is -0.344. The minimum absolute atomic E-state index is 0.0904. The smallest absolute Gasteiger partial charge is 0.276 e. The van der Waals surface area contributed by atoms with Gasteiger partial charge in [-0.15, -0.1) is 0 Å². The highest BCUT2D eigenvalue weighted by atomic mass is 16.7. The molecule has 1 fully saturated rings. The Morgan fingerprint density at radius 3 is 2.86 bits per heavy atom. The summed E-state index contributed by atoms with van der Waals surface area (Å²) in [4.78, 5) is 20.9. The van der Waals surface area contributed by atoms with Crippen LogP contribution >= 0.6 is 0 Å². The summed E-state index contributed by atoms with van der Waals surface area (Å²) in [5, 5.41) is 10.3. The molecule has 0 saturated carbocycles. The normalized spacial score (nSPS) is 18.7. The largest absolute Gasteiger partial charge is 0.504 e. The van der Waals surface area contributed by atoms with Gasteiger partial charge in [0, 0.05) is 42.9 Å². The molecular weight excluding hydrogens is 270 g/mol. The van der Waals surface area contributed by atoms with Gasteiger partial charge in [0.15, 0.2) is 5.75 Å². The summed E-state index contributed by atoms with van der Waals surface area (Å²) in [7, 11) is 4.15. The Morgan fingerprint density at radius 1 is 1.38 bits per heavy atom. The maximum atomic E-state index is 11.3. The van der Waals surface area contributed by atoms with Crippen molar-refractivity contribution >= 4 is 12.0 Å². The quantitative estimate of drug-likeness (QED) is 0.852. The maximum Gasteiger partial charge on any atom is 0.276 e. The number of hydrogen-bond donors (Lipinski definition) is 2. The van der Waals surface area contributed by atoms with Crippen molar-refractivity contribution in [3.63, 3.8) is 0 Å². The van der Waals surface area contributed by atoms with Crippen LogP contribution in [0, 0.1) is 0 Å². The molecule has 2 aliphatic heterocycles. The highest BCUT2D eigenvalue weighted by Crippen LogP contribution is 2.36. The number of nitrogens with one attached hydrogen (secondary N) is 1. The van der Waals surface area contributed by atoms with Gasteiger partial charge in [-0.05, 0) is 20.2 Å². The molecule has 1 aromatic rings. The first kappa shape index (κ1) is 13.9. The Morgan fingerprint density at radius 2 is 2.14 bits per heavy atom. The predicted molar refractivity (Wildman–Crippen MR) is 78.7 cm³/mol. The molecule has 0 spiro atoms. The van der Waals surface area contributed by atoms with Crippen LogP contribution in [0.1, 0.15) is 11.1 Å². The summed E-state index contributed by atoms with van der Waals surface area (Å²) < 4.78 is 0. The molecule has 0 radical (unpaired) electrons. The molecule has 0 aromatic heterocycles. The van der Waals surface area contributed by atoms with E-state index < -0.39 is 0 Å². The average molecular weight is 289 g/mol. The van der Waals surface area contributed by atoms with Crippen molar-refractivity contribution in [1.29, 1.82) is 0 Å². The fourth-order valence-electron chi connectivity index (χ4n) is 2.53. The van der Waals surface area contributed by atoms with Crippen molar-refractivity contribution in [2.45, 2.75) is 12.6 Å². The third-order valence-corrected chi connectivity index (χ3v) is 3.98. The molecular formula is C15H19N3O3. The second-order valence-corrected chi connectivity index (χ2v) is 5.70. The van der Waals surface area contributed by atoms with Gasteiger partial charge in [-0.1, -0.05) is 12.1 Å². The zero-order valence-electron chi connectivity index (χ0n) is 12.2. The number of amides is 1. The average Bonchev–Trinajstić information content (AvgIpc) is 2.58. The van der Waals surface area contributed by atoms with Crippen molar-refractivity contribution in [3.05, 3.63) is 29.3 Å². The summed E-state index contributed by atoms with van der Waals surface area (Å²) in [5.74, 6) is 0.0515. The summed E-state index contributed by atoms with van der Waals surface area (Å²) in [6.07, 6.45) is 3.01. The number of nitrogens with zero attached hydrogens (tertiary/aromatic N) is 2. The fourth-order valence-corrected chi connectivity index (χ4v) is 2.53. The number of phenolic OH excluding ortho intramolecular Hbond substituents is 1. The van der Waals surface area contributed by atoms with Gasteiger partial charge in [0.25, 0.3) is 5.91 Å². The lowest BCUT2D eigenvalue weighted by Gasteiger charge is -2.42. The van der Waals surface area contributed by atoms with Crippen LogP contribution in [0.2, 0.25) is 0 Å². The third kappa shape index (κ3) is 2.72. The minimum Gasteiger partial charge on any atom is -0.504 e. The van der Waals surface area contributed by atoms with E-state index in [0.29, 0.717) is 23.9 Å². The number of carbonyl (C=O) groups is 1. The summed E-state index contributed by atoms with van der Waals surface area (Å²) >= 11 is 0. The molecule has 6 heteroatoms. The molecule has 2 aliphatic rings. The van der Waals surface area contributed by atoms with Crippen LogP contribution in [0.25, 0.3) is 6.08 Å². The number of hydrogen-bond acceptors (Lipinski definition) is 5. The first-order valence-electron chi connectivity index (χ1n) is 6.93. The van der Waals surface area contributed by atoms with Crippen LogP contribution in [-0.4, -0.2) is 54.0 Å². The van der Waals surface area contributed by atoms with E-state index >= 15 is 0 Å². The van der Waals surface area contributed by atoms with E-state index in [1.807, 2.05) is 12.1 Å². The molecule has 6 nitrogen and oxygen atoms in total. The van der Waals surface area contributed by atoms with E-state index in [2.05, 4.69) is 29.4 Å². The second-order valence-electron chi connectivity index (χ2n) is 5.70. The molecule has 0 unspecified atom stereocenters. The molecule has 3 rings (SSSR count). The van der Waals surface area contributed by atoms with E-state index in [-0.39, 0.29) is 11.7 Å². The van der Waals surface area contributed by atoms with Crippen molar-refractivity contribution < 1.29 is 14.7 Å². The lowest BCUT2D eigenvalue weighted by atomic mass is 10.0. The SMILES string of the molecule is CN(C)C1CN(Cc2ccc3c(c2O)ONC(=O)C=C3)C1. The van der Waals surface area contributed by atoms with Crippen LogP contribution in [-0.2, 0) is 11.3 Å². The number of likely N-dealkylation sites (tertiary alicyclic amines) is 1. The van der Waals surface area contributed by atoms with Gasteiger partial charge in [-0.2, -0.15) is 5.48 Å². The van der Waals surface area contributed by atoms with Gasteiger partial charge < -0.3 is 14.8 Å². The number of hydroxylamine groups is 1. The number of benzene rings is 1. The molecule has 1 amide bonds. The Kier molecular flexibility index (Phi) is 3.57. The maximum absolute atomic E-state index is 11.3. The van der Waals surface area contributed by atoms with Crippen molar-refractivity contribution in [2.24, 2.45) is 0 Å². The van der Waals surface area contributed by atoms with Crippen molar-refractivity contribution in [2.75, 3.05) is 27.2 Å². The van der Waals surface area contributed by atoms with Gasteiger partial charge in [0.05, 0.1) is 0 Å². The molecule has 112 valence electrons. The summed E-state index contributed by atoms with van der Waals surface area (Å²) in [6, 6.07) is 4.30. The monoisotopic (exact) mass is 289 g/mol. The molecule has 2 N–H and O–H groups in total. The van der Waals surface area contributed by atoms with E-state index in [9.17, 15) is 9.90 Å². The van der Waals surface area contributed by atoms with Crippen LogP contribution in [0.4, 0.5) is 0 Å². The molecule has 0 aliphatic carbocycles. The number of phenols is 1. The van der Waals surface area contributed by atoms with E-state index in [1.54, 1.807) is 6.08 Å². The molecule has 0 bridgehead atoms. The van der Waals surface area contributed by atoms with Gasteiger partial charge in [-0.3, -0.25) is 9.69 Å². The van der Waals surface area contributed by atoms with E-state index in [1.165, 1.54) is 6.08 Å². The van der Waals surface area contributed by atoms with Crippen LogP contribution in [0.5, 0.6) is 11.5 Å². The number of likely N-dealkylation sites (N-methyl/N-ethyl adjacent to an activating group) is 1. The van der Waals surface area contributed by atoms with Crippen LogP contribution < -0.4 is 10.3 Å². The number of fused-ring (bicyclic) bond motifs is 1. The van der Waals surface area contributed by atoms with Gasteiger partial charge >= 0.3 is 0 Å². The third-order valence-electron chi connectivity index (χ3n) is 3.98. The summed E-state index contributed by atoms with van der Waals surface area (Å²) in [5.41, 5.74) is 3.75. The van der Waals surface area contributed by atoms with Crippen molar-refractivity contribution in [3.8, 4) is 11.5 Å². The van der Waals surface area contributed by atoms with E-state index in [4.69, 9.17) is 4.84 Å². The standard InChI is InChI=1S/C15H19N3O3/c1-17(2)12-8-18(9-12)7-11-4-3-10-5-6-13(19)16-21-15(10)14(11)20/h3-6,12,20H,7-9H2,1-2H3,(H,16,19). The number of carbonyl (C=O) groups excluding carboxylic acids is 1. The van der Waals surface area contributed by atoms with Gasteiger partial charge in [0.1, 0.15) is 0 Å². The topological polar surface area (TPSA) is 65.0 Å². The van der Waals surface area contributed by atoms with Crippen molar-refractivity contribution in [1.82, 2.24) is 15.3 Å². The first-order valence-corrected chi connectivity index (χ1v) is 6.93. The summed E-state index contributed by atoms with van der Waals surface area (Å²) in [6.45, 7) is 2.65. The molecule has 2 heterocycles. The fraction of sp³-hybridized carbons (Fsp3) is 0.400. The first-order chi connectivity index (χ1) is 10.0. The highest BCUT2D eigenvalue weighted by Gasteiger charge is 2.29. The Labute approximate surface area is 123 Å². The molecule has 1 saturated heterocycles. The second kappa shape index (κ2) is 5.38. The molecule has 21 heavy (non-hydrogen) atoms. The zero-order valence-corrected chi connectivity index (χ0v) is 12.2. The van der Waals surface area contributed by atoms with Crippen LogP contribution in [0.3, 0.4) is 0 Å². The zero-order chi connectivity index (χ0) is 15.0. The predicted octanol–water partition coefficient (Wildman–Crippen LogP) is 0.575. The number of aromatic hydroxyl groups is 1.